The van der Waals surface area contributed by atoms with Gasteiger partial charge in [0.2, 0.25) is 0 Å². The Hall–Kier alpha value is -1.44. The molecule has 0 unspecified atom stereocenters. The highest BCUT2D eigenvalue weighted by molar-refractivity contribution is 7.98. The predicted octanol–water partition coefficient (Wildman–Crippen LogP) is 2.21. The van der Waals surface area contributed by atoms with Crippen molar-refractivity contribution in [1.29, 1.82) is 0 Å². The second-order valence-electron chi connectivity index (χ2n) is 4.39. The van der Waals surface area contributed by atoms with Crippen LogP contribution in [0.1, 0.15) is 34.3 Å². The molecule has 1 amide bonds. The van der Waals surface area contributed by atoms with Gasteiger partial charge in [-0.15, -0.1) is 0 Å². The average Bonchev–Trinajstić information content (AvgIpc) is 2.46. The van der Waals surface area contributed by atoms with Gasteiger partial charge in [-0.3, -0.25) is 4.79 Å². The quantitative estimate of drug-likeness (QED) is 0.624. The van der Waals surface area contributed by atoms with Crippen LogP contribution in [0.4, 0.5) is 0 Å². The van der Waals surface area contributed by atoms with Gasteiger partial charge in [-0.25, -0.2) is 0 Å². The van der Waals surface area contributed by atoms with Crippen LogP contribution in [-0.2, 0) is 0 Å². The number of rotatable bonds is 6. The zero-order valence-corrected chi connectivity index (χ0v) is 12.8. The Kier molecular flexibility index (Phi) is 7.86. The number of amides is 1. The monoisotopic (exact) mass is 291 g/mol. The number of aliphatic hydroxyl groups is 1. The molecule has 3 nitrogen and oxygen atoms in total. The van der Waals surface area contributed by atoms with Gasteiger partial charge in [0.25, 0.3) is 5.91 Å². The van der Waals surface area contributed by atoms with Crippen LogP contribution in [0.2, 0.25) is 0 Å². The van der Waals surface area contributed by atoms with Crippen molar-refractivity contribution >= 4 is 17.7 Å². The van der Waals surface area contributed by atoms with Crippen LogP contribution >= 0.6 is 11.8 Å². The first-order valence-electron chi connectivity index (χ1n) is 6.67. The van der Waals surface area contributed by atoms with E-state index in [1.54, 1.807) is 6.07 Å². The Morgan fingerprint density at radius 3 is 2.90 bits per heavy atom. The molecular weight excluding hydrogens is 270 g/mol. The van der Waals surface area contributed by atoms with Gasteiger partial charge < -0.3 is 10.4 Å². The third-order valence-corrected chi connectivity index (χ3v) is 3.64. The number of aliphatic hydroxyl groups excluding tert-OH is 1. The number of carbonyl (C=O) groups is 1. The van der Waals surface area contributed by atoms with Crippen LogP contribution in [0.25, 0.3) is 0 Å². The van der Waals surface area contributed by atoms with Crippen molar-refractivity contribution in [3.05, 3.63) is 34.9 Å². The normalized spacial score (nSPS) is 9.75. The molecule has 0 aliphatic heterocycles. The highest BCUT2D eigenvalue weighted by Gasteiger charge is 2.10. The lowest BCUT2D eigenvalue weighted by Gasteiger charge is -2.09. The molecule has 20 heavy (non-hydrogen) atoms. The second-order valence-corrected chi connectivity index (χ2v) is 5.38. The third kappa shape index (κ3) is 5.28. The molecule has 1 rings (SSSR count). The van der Waals surface area contributed by atoms with Gasteiger partial charge in [-0.05, 0) is 49.5 Å². The Morgan fingerprint density at radius 1 is 1.40 bits per heavy atom. The van der Waals surface area contributed by atoms with Crippen LogP contribution in [-0.4, -0.2) is 36.2 Å². The first kappa shape index (κ1) is 16.6. The smallest absolute Gasteiger partial charge is 0.251 e. The maximum atomic E-state index is 12.1. The largest absolute Gasteiger partial charge is 0.384 e. The summed E-state index contributed by atoms with van der Waals surface area (Å²) >= 11 is 1.82. The lowest BCUT2D eigenvalue weighted by atomic mass is 10.0. The SMILES string of the molecule is CSCCCCNC(=O)c1cccc(C#CCO)c1C. The first-order valence-corrected chi connectivity index (χ1v) is 8.06. The molecule has 0 aliphatic rings. The maximum Gasteiger partial charge on any atom is 0.251 e. The molecule has 0 bridgehead atoms. The molecule has 0 aromatic heterocycles. The molecule has 0 saturated heterocycles. The van der Waals surface area contributed by atoms with E-state index in [-0.39, 0.29) is 12.5 Å². The van der Waals surface area contributed by atoms with Crippen molar-refractivity contribution in [3.8, 4) is 11.8 Å². The van der Waals surface area contributed by atoms with E-state index in [4.69, 9.17) is 5.11 Å². The van der Waals surface area contributed by atoms with Crippen molar-refractivity contribution in [1.82, 2.24) is 5.32 Å². The van der Waals surface area contributed by atoms with Crippen molar-refractivity contribution in [2.24, 2.45) is 0 Å². The fourth-order valence-electron chi connectivity index (χ4n) is 1.82. The summed E-state index contributed by atoms with van der Waals surface area (Å²) in [4.78, 5) is 12.1. The van der Waals surface area contributed by atoms with E-state index in [2.05, 4.69) is 23.4 Å². The Labute approximate surface area is 125 Å². The van der Waals surface area contributed by atoms with Gasteiger partial charge in [-0.2, -0.15) is 11.8 Å². The molecule has 0 atom stereocenters. The summed E-state index contributed by atoms with van der Waals surface area (Å²) in [6.07, 6.45) is 4.19. The highest BCUT2D eigenvalue weighted by Crippen LogP contribution is 2.13. The third-order valence-electron chi connectivity index (χ3n) is 2.94. The molecule has 0 saturated carbocycles. The zero-order valence-electron chi connectivity index (χ0n) is 12.0. The molecule has 0 heterocycles. The van der Waals surface area contributed by atoms with Gasteiger partial charge in [0, 0.05) is 17.7 Å². The summed E-state index contributed by atoms with van der Waals surface area (Å²) in [5, 5.41) is 11.7. The van der Waals surface area contributed by atoms with Crippen LogP contribution < -0.4 is 5.32 Å². The average molecular weight is 291 g/mol. The minimum absolute atomic E-state index is 0.0562. The molecular formula is C16H21NO2S. The first-order chi connectivity index (χ1) is 9.70. The summed E-state index contributed by atoms with van der Waals surface area (Å²) < 4.78 is 0. The summed E-state index contributed by atoms with van der Waals surface area (Å²) in [7, 11) is 0. The number of benzene rings is 1. The van der Waals surface area contributed by atoms with E-state index in [1.165, 1.54) is 0 Å². The minimum atomic E-state index is -0.175. The molecule has 4 heteroatoms. The van der Waals surface area contributed by atoms with Gasteiger partial charge >= 0.3 is 0 Å². The lowest BCUT2D eigenvalue weighted by Crippen LogP contribution is -2.25. The number of hydrogen-bond donors (Lipinski definition) is 2. The molecule has 0 aliphatic carbocycles. The second kappa shape index (κ2) is 9.46. The summed E-state index contributed by atoms with van der Waals surface area (Å²) in [6, 6.07) is 5.47. The van der Waals surface area contributed by atoms with Crippen LogP contribution in [0.3, 0.4) is 0 Å². The van der Waals surface area contributed by atoms with Crippen LogP contribution in [0.5, 0.6) is 0 Å². The van der Waals surface area contributed by atoms with E-state index in [9.17, 15) is 4.79 Å². The van der Waals surface area contributed by atoms with Crippen molar-refractivity contribution < 1.29 is 9.90 Å². The summed E-state index contributed by atoms with van der Waals surface area (Å²) in [5.74, 6) is 6.54. The minimum Gasteiger partial charge on any atom is -0.384 e. The summed E-state index contributed by atoms with van der Waals surface area (Å²) in [5.41, 5.74) is 2.30. The number of nitrogens with one attached hydrogen (secondary N) is 1. The van der Waals surface area contributed by atoms with Crippen LogP contribution in [0, 0.1) is 18.8 Å². The predicted molar refractivity (Wildman–Crippen MR) is 85.1 cm³/mol. The standard InChI is InChI=1S/C16H21NO2S/c1-13-14(8-6-11-18)7-5-9-15(13)16(19)17-10-3-4-12-20-2/h5,7,9,18H,3-4,10-12H2,1-2H3,(H,17,19). The lowest BCUT2D eigenvalue weighted by molar-refractivity contribution is 0.0952. The number of hydrogen-bond acceptors (Lipinski definition) is 3. The molecule has 1 aromatic rings. The Bertz CT molecular complexity index is 503. The van der Waals surface area contributed by atoms with E-state index in [1.807, 2.05) is 30.8 Å². The van der Waals surface area contributed by atoms with Gasteiger partial charge in [0.1, 0.15) is 6.61 Å². The summed E-state index contributed by atoms with van der Waals surface area (Å²) in [6.45, 7) is 2.40. The van der Waals surface area contributed by atoms with Crippen molar-refractivity contribution in [2.75, 3.05) is 25.2 Å². The van der Waals surface area contributed by atoms with Gasteiger partial charge in [0.05, 0.1) is 0 Å². The fraction of sp³-hybridized carbons (Fsp3) is 0.438. The van der Waals surface area contributed by atoms with Crippen molar-refractivity contribution in [2.45, 2.75) is 19.8 Å². The molecule has 0 fully saturated rings. The Balaban J connectivity index is 2.64. The highest BCUT2D eigenvalue weighted by atomic mass is 32.2. The maximum absolute atomic E-state index is 12.1. The fourth-order valence-corrected chi connectivity index (χ4v) is 2.31. The van der Waals surface area contributed by atoms with E-state index in [0.29, 0.717) is 12.1 Å². The zero-order chi connectivity index (χ0) is 14.8. The molecule has 0 spiro atoms. The number of unbranched alkanes of at least 4 members (excludes halogenated alkanes) is 1. The number of thioether (sulfide) groups is 1. The molecule has 1 aromatic carbocycles. The van der Waals surface area contributed by atoms with E-state index in [0.717, 1.165) is 29.7 Å². The topological polar surface area (TPSA) is 49.3 Å². The van der Waals surface area contributed by atoms with Gasteiger partial charge in [-0.1, -0.05) is 17.9 Å². The molecule has 0 radical (unpaired) electrons. The number of carbonyl (C=O) groups excluding carboxylic acids is 1. The Morgan fingerprint density at radius 2 is 2.20 bits per heavy atom. The van der Waals surface area contributed by atoms with Crippen LogP contribution in [0.15, 0.2) is 18.2 Å². The van der Waals surface area contributed by atoms with Gasteiger partial charge in [0.15, 0.2) is 0 Å². The van der Waals surface area contributed by atoms with E-state index < -0.39 is 0 Å². The molecule has 2 N–H and O–H groups in total. The van der Waals surface area contributed by atoms with Crippen molar-refractivity contribution in [3.63, 3.8) is 0 Å². The molecule has 108 valence electrons. The van der Waals surface area contributed by atoms with E-state index >= 15 is 0 Å².